The van der Waals surface area contributed by atoms with Crippen LogP contribution in [0.1, 0.15) is 15.9 Å². The van der Waals surface area contributed by atoms with E-state index >= 15 is 0 Å². The predicted octanol–water partition coefficient (Wildman–Crippen LogP) is 3.95. The van der Waals surface area contributed by atoms with Gasteiger partial charge >= 0.3 is 5.97 Å². The van der Waals surface area contributed by atoms with Gasteiger partial charge in [-0.3, -0.25) is 0 Å². The van der Waals surface area contributed by atoms with Gasteiger partial charge in [-0.2, -0.15) is 0 Å². The minimum atomic E-state index is -0.742. The van der Waals surface area contributed by atoms with Crippen LogP contribution >= 0.6 is 15.9 Å². The standard InChI is InChI=1S/C15H12BrFO3/c1-19-15(18)12-7-11(16)8-13(14(12)17)20-9-10-5-3-2-4-6-10/h2-8H,9H2,1H3. The lowest BCUT2D eigenvalue weighted by molar-refractivity contribution is 0.0594. The quantitative estimate of drug-likeness (QED) is 0.791. The monoisotopic (exact) mass is 338 g/mol. The average molecular weight is 339 g/mol. The summed E-state index contributed by atoms with van der Waals surface area (Å²) in [5.41, 5.74) is 0.747. The molecule has 0 aliphatic rings. The summed E-state index contributed by atoms with van der Waals surface area (Å²) in [6.07, 6.45) is 0. The van der Waals surface area contributed by atoms with Crippen molar-refractivity contribution < 1.29 is 18.7 Å². The first-order chi connectivity index (χ1) is 9.61. The average Bonchev–Trinajstić information content (AvgIpc) is 2.48. The van der Waals surface area contributed by atoms with Crippen LogP contribution in [0.4, 0.5) is 4.39 Å². The van der Waals surface area contributed by atoms with E-state index in [0.717, 1.165) is 5.56 Å². The molecule has 0 aromatic heterocycles. The first-order valence-corrected chi connectivity index (χ1v) is 6.65. The smallest absolute Gasteiger partial charge is 0.341 e. The molecule has 0 radical (unpaired) electrons. The van der Waals surface area contributed by atoms with Gasteiger partial charge in [-0.25, -0.2) is 9.18 Å². The normalized spacial score (nSPS) is 10.2. The molecule has 0 spiro atoms. The molecule has 2 aromatic rings. The van der Waals surface area contributed by atoms with Gasteiger partial charge in [0, 0.05) is 4.47 Å². The number of carbonyl (C=O) groups is 1. The summed E-state index contributed by atoms with van der Waals surface area (Å²) in [5, 5.41) is 0. The van der Waals surface area contributed by atoms with Gasteiger partial charge in [0.2, 0.25) is 0 Å². The Hall–Kier alpha value is -1.88. The molecule has 0 fully saturated rings. The number of benzene rings is 2. The van der Waals surface area contributed by atoms with Gasteiger partial charge in [-0.1, -0.05) is 46.3 Å². The zero-order valence-corrected chi connectivity index (χ0v) is 12.3. The van der Waals surface area contributed by atoms with Crippen molar-refractivity contribution in [3.63, 3.8) is 0 Å². The van der Waals surface area contributed by atoms with Crippen molar-refractivity contribution in [2.75, 3.05) is 7.11 Å². The summed E-state index contributed by atoms with van der Waals surface area (Å²) in [6, 6.07) is 12.2. The first-order valence-electron chi connectivity index (χ1n) is 5.86. The van der Waals surface area contributed by atoms with Gasteiger partial charge in [0.05, 0.1) is 7.11 Å². The molecule has 0 heterocycles. The molecule has 0 unspecified atom stereocenters. The number of halogens is 2. The van der Waals surface area contributed by atoms with E-state index in [0.29, 0.717) is 4.47 Å². The van der Waals surface area contributed by atoms with Crippen LogP contribution in [0.15, 0.2) is 46.9 Å². The highest BCUT2D eigenvalue weighted by Crippen LogP contribution is 2.27. The Morgan fingerprint density at radius 1 is 1.25 bits per heavy atom. The minimum Gasteiger partial charge on any atom is -0.486 e. The van der Waals surface area contributed by atoms with Gasteiger partial charge in [0.25, 0.3) is 0 Å². The SMILES string of the molecule is COC(=O)c1cc(Br)cc(OCc2ccccc2)c1F. The largest absolute Gasteiger partial charge is 0.486 e. The van der Waals surface area contributed by atoms with E-state index in [1.165, 1.54) is 19.2 Å². The molecular weight excluding hydrogens is 327 g/mol. The number of ether oxygens (including phenoxy) is 2. The Morgan fingerprint density at radius 2 is 1.95 bits per heavy atom. The fraction of sp³-hybridized carbons (Fsp3) is 0.133. The summed E-state index contributed by atoms with van der Waals surface area (Å²) in [5.74, 6) is -1.46. The van der Waals surface area contributed by atoms with Crippen LogP contribution in [0.5, 0.6) is 5.75 Å². The molecule has 0 bridgehead atoms. The van der Waals surface area contributed by atoms with Gasteiger partial charge in [-0.15, -0.1) is 0 Å². The molecule has 0 aliphatic carbocycles. The number of esters is 1. The lowest BCUT2D eigenvalue weighted by Gasteiger charge is -2.10. The van der Waals surface area contributed by atoms with Crippen molar-refractivity contribution in [2.45, 2.75) is 6.61 Å². The van der Waals surface area contributed by atoms with Crippen LogP contribution in [-0.4, -0.2) is 13.1 Å². The Morgan fingerprint density at radius 3 is 2.60 bits per heavy atom. The highest BCUT2D eigenvalue weighted by molar-refractivity contribution is 9.10. The third-order valence-electron chi connectivity index (χ3n) is 2.65. The molecule has 3 nitrogen and oxygen atoms in total. The summed E-state index contributed by atoms with van der Waals surface area (Å²) in [7, 11) is 1.20. The number of hydrogen-bond acceptors (Lipinski definition) is 3. The lowest BCUT2D eigenvalue weighted by Crippen LogP contribution is -2.07. The fourth-order valence-electron chi connectivity index (χ4n) is 1.66. The molecule has 0 saturated carbocycles. The van der Waals surface area contributed by atoms with Crippen molar-refractivity contribution >= 4 is 21.9 Å². The minimum absolute atomic E-state index is 0.00336. The maximum absolute atomic E-state index is 14.1. The van der Waals surface area contributed by atoms with Gasteiger partial charge in [0.15, 0.2) is 11.6 Å². The van der Waals surface area contributed by atoms with Crippen LogP contribution in [-0.2, 0) is 11.3 Å². The maximum atomic E-state index is 14.1. The van der Waals surface area contributed by atoms with Crippen molar-refractivity contribution in [3.8, 4) is 5.75 Å². The number of carbonyl (C=O) groups excluding carboxylic acids is 1. The molecule has 2 rings (SSSR count). The zero-order valence-electron chi connectivity index (χ0n) is 10.7. The second-order valence-corrected chi connectivity index (χ2v) is 4.95. The molecule has 104 valence electrons. The van der Waals surface area contributed by atoms with Crippen LogP contribution in [0.25, 0.3) is 0 Å². The van der Waals surface area contributed by atoms with Crippen LogP contribution in [0, 0.1) is 5.82 Å². The molecule has 20 heavy (non-hydrogen) atoms. The zero-order chi connectivity index (χ0) is 14.5. The maximum Gasteiger partial charge on any atom is 0.341 e. The van der Waals surface area contributed by atoms with Crippen molar-refractivity contribution in [1.29, 1.82) is 0 Å². The predicted molar refractivity (Wildman–Crippen MR) is 76.2 cm³/mol. The molecule has 0 amide bonds. The fourth-order valence-corrected chi connectivity index (χ4v) is 2.10. The van der Waals surface area contributed by atoms with Crippen molar-refractivity contribution in [3.05, 3.63) is 63.9 Å². The Balaban J connectivity index is 2.23. The van der Waals surface area contributed by atoms with Gasteiger partial charge < -0.3 is 9.47 Å². The number of rotatable bonds is 4. The van der Waals surface area contributed by atoms with Crippen molar-refractivity contribution in [1.82, 2.24) is 0 Å². The summed E-state index contributed by atoms with van der Waals surface area (Å²) < 4.78 is 24.7. The highest BCUT2D eigenvalue weighted by Gasteiger charge is 2.18. The first kappa shape index (κ1) is 14.5. The Bertz CT molecular complexity index is 614. The van der Waals surface area contributed by atoms with E-state index < -0.39 is 11.8 Å². The second-order valence-electron chi connectivity index (χ2n) is 4.03. The van der Waals surface area contributed by atoms with Gasteiger partial charge in [-0.05, 0) is 17.7 Å². The van der Waals surface area contributed by atoms with Crippen LogP contribution in [0.3, 0.4) is 0 Å². The summed E-state index contributed by atoms with van der Waals surface area (Å²) in [6.45, 7) is 0.217. The van der Waals surface area contributed by atoms with Crippen molar-refractivity contribution in [2.24, 2.45) is 0 Å². The second kappa shape index (κ2) is 6.52. The molecule has 0 atom stereocenters. The molecule has 5 heteroatoms. The molecule has 0 aliphatic heterocycles. The Labute approximate surface area is 124 Å². The van der Waals surface area contributed by atoms with E-state index in [9.17, 15) is 9.18 Å². The van der Waals surface area contributed by atoms with E-state index in [-0.39, 0.29) is 17.9 Å². The van der Waals surface area contributed by atoms with Gasteiger partial charge in [0.1, 0.15) is 12.2 Å². The number of methoxy groups -OCH3 is 1. The summed E-state index contributed by atoms with van der Waals surface area (Å²) >= 11 is 3.22. The lowest BCUT2D eigenvalue weighted by atomic mass is 10.2. The van der Waals surface area contributed by atoms with E-state index in [2.05, 4.69) is 20.7 Å². The Kier molecular flexibility index (Phi) is 4.74. The topological polar surface area (TPSA) is 35.5 Å². The van der Waals surface area contributed by atoms with Crippen LogP contribution < -0.4 is 4.74 Å². The van der Waals surface area contributed by atoms with E-state index in [4.69, 9.17) is 4.74 Å². The highest BCUT2D eigenvalue weighted by atomic mass is 79.9. The summed E-state index contributed by atoms with van der Waals surface area (Å²) in [4.78, 5) is 11.5. The molecule has 0 saturated heterocycles. The molecular formula is C15H12BrFO3. The third-order valence-corrected chi connectivity index (χ3v) is 3.10. The van der Waals surface area contributed by atoms with E-state index in [1.807, 2.05) is 30.3 Å². The van der Waals surface area contributed by atoms with Crippen LogP contribution in [0.2, 0.25) is 0 Å². The molecule has 2 aromatic carbocycles. The number of hydrogen-bond donors (Lipinski definition) is 0. The molecule has 0 N–H and O–H groups in total. The van der Waals surface area contributed by atoms with E-state index in [1.54, 1.807) is 0 Å². The third kappa shape index (κ3) is 3.36.